The number of likely N-dealkylation sites (N-methyl/N-ethyl adjacent to an activating group) is 1. The van der Waals surface area contributed by atoms with Gasteiger partial charge in [0.2, 0.25) is 5.91 Å². The van der Waals surface area contributed by atoms with Gasteiger partial charge >= 0.3 is 0 Å². The predicted octanol–water partition coefficient (Wildman–Crippen LogP) is 3.15. The molecule has 1 saturated carbocycles. The molecule has 20 heavy (non-hydrogen) atoms. The molecule has 0 aromatic heterocycles. The number of piperidine rings is 1. The zero-order chi connectivity index (χ0) is 14.5. The molecule has 1 aliphatic carbocycles. The lowest BCUT2D eigenvalue weighted by atomic mass is 9.92. The van der Waals surface area contributed by atoms with E-state index in [2.05, 4.69) is 30.7 Å². The third-order valence-electron chi connectivity index (χ3n) is 5.05. The van der Waals surface area contributed by atoms with Crippen molar-refractivity contribution in [2.75, 3.05) is 26.7 Å². The lowest BCUT2D eigenvalue weighted by molar-refractivity contribution is -0.135. The van der Waals surface area contributed by atoms with Gasteiger partial charge in [0.05, 0.1) is 6.54 Å². The minimum absolute atomic E-state index is 0.343. The summed E-state index contributed by atoms with van der Waals surface area (Å²) < 4.78 is 0. The zero-order valence-electron chi connectivity index (χ0n) is 13.6. The molecule has 3 heteroatoms. The van der Waals surface area contributed by atoms with Gasteiger partial charge in [0.25, 0.3) is 0 Å². The van der Waals surface area contributed by atoms with Crippen LogP contribution in [0.2, 0.25) is 0 Å². The number of amides is 1. The minimum Gasteiger partial charge on any atom is -0.341 e. The van der Waals surface area contributed by atoms with Crippen LogP contribution in [0.25, 0.3) is 0 Å². The van der Waals surface area contributed by atoms with E-state index in [9.17, 15) is 4.79 Å². The molecule has 0 aromatic carbocycles. The van der Waals surface area contributed by atoms with E-state index in [1.165, 1.54) is 44.9 Å². The Balaban J connectivity index is 1.83. The highest BCUT2D eigenvalue weighted by atomic mass is 16.2. The standard InChI is InChI=1S/C17H32N2O/c1-14-10-15(2)12-19(11-14)17(20)13-18(3)16-8-6-4-5-7-9-16/h14-16H,4-13H2,1-3H3. The third kappa shape index (κ3) is 4.47. The minimum atomic E-state index is 0.343. The highest BCUT2D eigenvalue weighted by Gasteiger charge is 2.27. The maximum absolute atomic E-state index is 12.5. The van der Waals surface area contributed by atoms with Crippen LogP contribution in [0.1, 0.15) is 58.8 Å². The van der Waals surface area contributed by atoms with Gasteiger partial charge in [-0.1, -0.05) is 39.5 Å². The van der Waals surface area contributed by atoms with E-state index in [1.54, 1.807) is 0 Å². The summed E-state index contributed by atoms with van der Waals surface area (Å²) in [5, 5.41) is 0. The largest absolute Gasteiger partial charge is 0.341 e. The van der Waals surface area contributed by atoms with Crippen molar-refractivity contribution >= 4 is 5.91 Å². The van der Waals surface area contributed by atoms with Crippen LogP contribution in [0.3, 0.4) is 0 Å². The van der Waals surface area contributed by atoms with E-state index >= 15 is 0 Å². The fourth-order valence-corrected chi connectivity index (χ4v) is 4.01. The average molecular weight is 280 g/mol. The van der Waals surface area contributed by atoms with E-state index in [0.29, 0.717) is 30.3 Å². The van der Waals surface area contributed by atoms with Gasteiger partial charge in [-0.25, -0.2) is 0 Å². The van der Waals surface area contributed by atoms with Crippen LogP contribution in [-0.4, -0.2) is 48.4 Å². The first-order chi connectivity index (χ1) is 9.56. The van der Waals surface area contributed by atoms with Gasteiger partial charge in [0.1, 0.15) is 0 Å². The van der Waals surface area contributed by atoms with Crippen LogP contribution in [-0.2, 0) is 4.79 Å². The van der Waals surface area contributed by atoms with Crippen LogP contribution in [0.4, 0.5) is 0 Å². The molecule has 2 rings (SSSR count). The van der Waals surface area contributed by atoms with Crippen molar-refractivity contribution in [3.8, 4) is 0 Å². The van der Waals surface area contributed by atoms with Gasteiger partial charge in [-0.05, 0) is 38.1 Å². The van der Waals surface area contributed by atoms with Crippen molar-refractivity contribution < 1.29 is 4.79 Å². The maximum atomic E-state index is 12.5. The number of hydrogen-bond acceptors (Lipinski definition) is 2. The molecular weight excluding hydrogens is 248 g/mol. The van der Waals surface area contributed by atoms with Crippen molar-refractivity contribution in [3.05, 3.63) is 0 Å². The van der Waals surface area contributed by atoms with E-state index in [4.69, 9.17) is 0 Å². The molecule has 1 amide bonds. The van der Waals surface area contributed by atoms with Gasteiger partial charge < -0.3 is 4.90 Å². The second-order valence-corrected chi connectivity index (χ2v) is 7.31. The SMILES string of the molecule is CC1CC(C)CN(C(=O)CN(C)C2CCCCCC2)C1. The molecule has 0 spiro atoms. The van der Waals surface area contributed by atoms with Crippen molar-refractivity contribution in [2.24, 2.45) is 11.8 Å². The average Bonchev–Trinajstić information content (AvgIpc) is 2.66. The highest BCUT2D eigenvalue weighted by Crippen LogP contribution is 2.23. The summed E-state index contributed by atoms with van der Waals surface area (Å²) in [6, 6.07) is 0.626. The summed E-state index contributed by atoms with van der Waals surface area (Å²) in [7, 11) is 2.14. The maximum Gasteiger partial charge on any atom is 0.236 e. The van der Waals surface area contributed by atoms with Crippen LogP contribution in [0.5, 0.6) is 0 Å². The Labute approximate surface area is 124 Å². The molecule has 2 atom stereocenters. The van der Waals surface area contributed by atoms with Gasteiger partial charge in [0, 0.05) is 19.1 Å². The van der Waals surface area contributed by atoms with Crippen molar-refractivity contribution in [1.29, 1.82) is 0 Å². The quantitative estimate of drug-likeness (QED) is 0.742. The molecule has 2 aliphatic rings. The molecule has 3 nitrogen and oxygen atoms in total. The Morgan fingerprint density at radius 3 is 2.15 bits per heavy atom. The van der Waals surface area contributed by atoms with Gasteiger partial charge in [-0.15, -0.1) is 0 Å². The summed E-state index contributed by atoms with van der Waals surface area (Å²) in [6.45, 7) is 7.07. The number of rotatable bonds is 3. The number of carbonyl (C=O) groups is 1. The topological polar surface area (TPSA) is 23.6 Å². The lowest BCUT2D eigenvalue weighted by Gasteiger charge is -2.36. The number of likely N-dealkylation sites (tertiary alicyclic amines) is 1. The Hall–Kier alpha value is -0.570. The molecule has 1 heterocycles. The van der Waals surface area contributed by atoms with E-state index in [0.717, 1.165) is 13.1 Å². The van der Waals surface area contributed by atoms with Crippen LogP contribution < -0.4 is 0 Å². The summed E-state index contributed by atoms with van der Waals surface area (Å²) in [6.07, 6.45) is 9.23. The smallest absolute Gasteiger partial charge is 0.236 e. The molecule has 0 radical (unpaired) electrons. The van der Waals surface area contributed by atoms with E-state index in [1.807, 2.05) is 0 Å². The molecule has 2 unspecified atom stereocenters. The molecule has 116 valence electrons. The zero-order valence-corrected chi connectivity index (χ0v) is 13.6. The summed E-state index contributed by atoms with van der Waals surface area (Å²) >= 11 is 0. The van der Waals surface area contributed by atoms with Crippen LogP contribution in [0.15, 0.2) is 0 Å². The second-order valence-electron chi connectivity index (χ2n) is 7.31. The van der Waals surface area contributed by atoms with Gasteiger partial charge in [0.15, 0.2) is 0 Å². The molecule has 0 N–H and O–H groups in total. The second kappa shape index (κ2) is 7.44. The number of nitrogens with zero attached hydrogens (tertiary/aromatic N) is 2. The third-order valence-corrected chi connectivity index (χ3v) is 5.05. The fraction of sp³-hybridized carbons (Fsp3) is 0.941. The summed E-state index contributed by atoms with van der Waals surface area (Å²) in [5.74, 6) is 1.66. The molecule has 0 aromatic rings. The number of carbonyl (C=O) groups excluding carboxylic acids is 1. The lowest BCUT2D eigenvalue weighted by Crippen LogP contribution is -2.48. The normalized spacial score (nSPS) is 29.5. The van der Waals surface area contributed by atoms with Crippen LogP contribution >= 0.6 is 0 Å². The monoisotopic (exact) mass is 280 g/mol. The van der Waals surface area contributed by atoms with E-state index in [-0.39, 0.29) is 0 Å². The Morgan fingerprint density at radius 2 is 1.60 bits per heavy atom. The fourth-order valence-electron chi connectivity index (χ4n) is 4.01. The van der Waals surface area contributed by atoms with Crippen LogP contribution in [0, 0.1) is 11.8 Å². The predicted molar refractivity (Wildman–Crippen MR) is 83.6 cm³/mol. The van der Waals surface area contributed by atoms with Gasteiger partial charge in [-0.3, -0.25) is 9.69 Å². The first kappa shape index (κ1) is 15.8. The molecule has 1 aliphatic heterocycles. The number of hydrogen-bond donors (Lipinski definition) is 0. The Bertz CT molecular complexity index is 300. The molecule has 2 fully saturated rings. The highest BCUT2D eigenvalue weighted by molar-refractivity contribution is 5.78. The van der Waals surface area contributed by atoms with Crippen molar-refractivity contribution in [3.63, 3.8) is 0 Å². The molecule has 1 saturated heterocycles. The Kier molecular flexibility index (Phi) is 5.88. The molecular formula is C17H32N2O. The summed E-state index contributed by atoms with van der Waals surface area (Å²) in [4.78, 5) is 16.9. The first-order valence-corrected chi connectivity index (χ1v) is 8.54. The first-order valence-electron chi connectivity index (χ1n) is 8.54. The van der Waals surface area contributed by atoms with Crippen molar-refractivity contribution in [2.45, 2.75) is 64.8 Å². The van der Waals surface area contributed by atoms with E-state index < -0.39 is 0 Å². The summed E-state index contributed by atoms with van der Waals surface area (Å²) in [5.41, 5.74) is 0. The van der Waals surface area contributed by atoms with Crippen molar-refractivity contribution in [1.82, 2.24) is 9.80 Å². The molecule has 0 bridgehead atoms. The van der Waals surface area contributed by atoms with Gasteiger partial charge in [-0.2, -0.15) is 0 Å². The Morgan fingerprint density at radius 1 is 1.05 bits per heavy atom.